The Bertz CT molecular complexity index is 550. The van der Waals surface area contributed by atoms with E-state index in [1.54, 1.807) is 13.0 Å². The molecule has 0 aromatic carbocycles. The van der Waals surface area contributed by atoms with Crippen LogP contribution in [0.5, 0.6) is 0 Å². The number of rotatable bonds is 6. The molecule has 0 saturated heterocycles. The Labute approximate surface area is 109 Å². The van der Waals surface area contributed by atoms with Gasteiger partial charge in [-0.15, -0.1) is 0 Å². The highest BCUT2D eigenvalue weighted by Gasteiger charge is 2.04. The normalized spacial score (nSPS) is 10.6. The first kappa shape index (κ1) is 13.2. The van der Waals surface area contributed by atoms with Crippen LogP contribution in [0.3, 0.4) is 0 Å². The summed E-state index contributed by atoms with van der Waals surface area (Å²) in [5.41, 5.74) is 0.973. The zero-order valence-electron chi connectivity index (χ0n) is 10.5. The fraction of sp³-hybridized carbons (Fsp3) is 0.333. The number of aryl methyl sites for hydroxylation is 1. The predicted molar refractivity (Wildman–Crippen MR) is 65.6 cm³/mol. The minimum Gasteiger partial charge on any atom is -0.478 e. The molecule has 2 aromatic rings. The fourth-order valence-electron chi connectivity index (χ4n) is 1.52. The predicted octanol–water partition coefficient (Wildman–Crippen LogP) is 0.804. The van der Waals surface area contributed by atoms with Gasteiger partial charge in [0.15, 0.2) is 5.82 Å². The van der Waals surface area contributed by atoms with E-state index < -0.39 is 5.97 Å². The summed E-state index contributed by atoms with van der Waals surface area (Å²) >= 11 is 0. The zero-order valence-corrected chi connectivity index (χ0v) is 10.5. The van der Waals surface area contributed by atoms with Gasteiger partial charge in [-0.25, -0.2) is 4.79 Å². The summed E-state index contributed by atoms with van der Waals surface area (Å²) in [6.45, 7) is 3.01. The van der Waals surface area contributed by atoms with E-state index in [1.165, 1.54) is 12.3 Å². The van der Waals surface area contributed by atoms with Crippen LogP contribution in [0.25, 0.3) is 0 Å². The van der Waals surface area contributed by atoms with Gasteiger partial charge in [-0.05, 0) is 12.1 Å². The molecule has 100 valence electrons. The van der Waals surface area contributed by atoms with Crippen molar-refractivity contribution in [3.63, 3.8) is 0 Å². The molecular weight excluding hydrogens is 248 g/mol. The molecule has 7 nitrogen and oxygen atoms in total. The molecule has 0 aliphatic carbocycles. The number of aromatic carboxylic acids is 1. The Hall–Kier alpha value is -2.28. The number of nitrogens with zero attached hydrogens (tertiary/aromatic N) is 3. The Morgan fingerprint density at radius 1 is 1.47 bits per heavy atom. The molecule has 2 N–H and O–H groups in total. The number of nitrogens with one attached hydrogen (secondary N) is 1. The van der Waals surface area contributed by atoms with E-state index in [9.17, 15) is 4.79 Å². The molecule has 2 rings (SSSR count). The lowest BCUT2D eigenvalue weighted by molar-refractivity contribution is 0.0696. The van der Waals surface area contributed by atoms with Gasteiger partial charge in [-0.3, -0.25) is 4.98 Å². The van der Waals surface area contributed by atoms with Crippen molar-refractivity contribution in [2.75, 3.05) is 6.54 Å². The monoisotopic (exact) mass is 262 g/mol. The molecule has 2 aromatic heterocycles. The third kappa shape index (κ3) is 3.85. The van der Waals surface area contributed by atoms with Crippen molar-refractivity contribution in [1.29, 1.82) is 0 Å². The average molecular weight is 262 g/mol. The Morgan fingerprint density at radius 2 is 2.32 bits per heavy atom. The van der Waals surface area contributed by atoms with Crippen molar-refractivity contribution < 1.29 is 14.4 Å². The summed E-state index contributed by atoms with van der Waals surface area (Å²) < 4.78 is 4.86. The summed E-state index contributed by atoms with van der Waals surface area (Å²) in [6, 6.07) is 3.23. The number of carboxylic acids is 1. The van der Waals surface area contributed by atoms with E-state index in [-0.39, 0.29) is 5.56 Å². The SMILES string of the molecule is Cc1nc(CCNCc2ccc(C(=O)O)cn2)no1. The summed E-state index contributed by atoms with van der Waals surface area (Å²) in [4.78, 5) is 18.8. The van der Waals surface area contributed by atoms with Gasteiger partial charge in [0, 0.05) is 32.6 Å². The summed E-state index contributed by atoms with van der Waals surface area (Å²) in [7, 11) is 0. The molecule has 0 fully saturated rings. The first-order valence-corrected chi connectivity index (χ1v) is 5.83. The number of carboxylic acid groups (broad SMARTS) is 1. The standard InChI is InChI=1S/C12H14N4O3/c1-8-15-11(16-19-8)4-5-13-7-10-3-2-9(6-14-10)12(17)18/h2-3,6,13H,4-5,7H2,1H3,(H,17,18). The van der Waals surface area contributed by atoms with Gasteiger partial charge in [-0.1, -0.05) is 5.16 Å². The van der Waals surface area contributed by atoms with Crippen molar-refractivity contribution >= 4 is 5.97 Å². The molecule has 0 spiro atoms. The van der Waals surface area contributed by atoms with E-state index in [4.69, 9.17) is 9.63 Å². The van der Waals surface area contributed by atoms with Crippen molar-refractivity contribution in [1.82, 2.24) is 20.4 Å². The molecule has 0 amide bonds. The first-order valence-electron chi connectivity index (χ1n) is 5.83. The van der Waals surface area contributed by atoms with Crippen molar-refractivity contribution in [2.45, 2.75) is 19.9 Å². The minimum absolute atomic E-state index is 0.186. The van der Waals surface area contributed by atoms with Gasteiger partial charge >= 0.3 is 5.97 Å². The second-order valence-corrected chi connectivity index (χ2v) is 4.00. The van der Waals surface area contributed by atoms with E-state index in [0.29, 0.717) is 31.2 Å². The van der Waals surface area contributed by atoms with Gasteiger partial charge in [0.2, 0.25) is 5.89 Å². The number of hydrogen-bond donors (Lipinski definition) is 2. The molecule has 0 atom stereocenters. The van der Waals surface area contributed by atoms with Gasteiger partial charge in [-0.2, -0.15) is 4.98 Å². The second-order valence-electron chi connectivity index (χ2n) is 4.00. The summed E-state index contributed by atoms with van der Waals surface area (Å²) in [6.07, 6.45) is 2.02. The molecule has 0 aliphatic heterocycles. The van der Waals surface area contributed by atoms with Crippen LogP contribution < -0.4 is 5.32 Å². The third-order valence-electron chi connectivity index (χ3n) is 2.47. The largest absolute Gasteiger partial charge is 0.478 e. The van der Waals surface area contributed by atoms with Crippen molar-refractivity contribution in [3.8, 4) is 0 Å². The fourth-order valence-corrected chi connectivity index (χ4v) is 1.52. The Kier molecular flexibility index (Phi) is 4.19. The van der Waals surface area contributed by atoms with Crippen LogP contribution in [0.4, 0.5) is 0 Å². The van der Waals surface area contributed by atoms with Gasteiger partial charge in [0.1, 0.15) is 0 Å². The molecule has 0 radical (unpaired) electrons. The molecular formula is C12H14N4O3. The zero-order chi connectivity index (χ0) is 13.7. The number of hydrogen-bond acceptors (Lipinski definition) is 6. The molecule has 0 aliphatic rings. The molecule has 0 unspecified atom stereocenters. The minimum atomic E-state index is -0.973. The van der Waals surface area contributed by atoms with E-state index >= 15 is 0 Å². The van der Waals surface area contributed by atoms with Crippen LogP contribution in [-0.4, -0.2) is 32.7 Å². The van der Waals surface area contributed by atoms with Crippen LogP contribution in [0.15, 0.2) is 22.9 Å². The third-order valence-corrected chi connectivity index (χ3v) is 2.47. The second kappa shape index (κ2) is 6.05. The number of aromatic nitrogens is 3. The highest BCUT2D eigenvalue weighted by atomic mass is 16.5. The Balaban J connectivity index is 1.75. The Morgan fingerprint density at radius 3 is 2.89 bits per heavy atom. The van der Waals surface area contributed by atoms with Gasteiger partial charge < -0.3 is 14.9 Å². The van der Waals surface area contributed by atoms with Gasteiger partial charge in [0.05, 0.1) is 11.3 Å². The maximum atomic E-state index is 10.7. The number of pyridine rings is 1. The number of carbonyl (C=O) groups is 1. The van der Waals surface area contributed by atoms with Crippen molar-refractivity contribution in [2.24, 2.45) is 0 Å². The average Bonchev–Trinajstić information content (AvgIpc) is 2.81. The molecule has 0 bridgehead atoms. The molecule has 7 heteroatoms. The maximum absolute atomic E-state index is 10.7. The summed E-state index contributed by atoms with van der Waals surface area (Å²) in [5.74, 6) is 0.250. The van der Waals surface area contributed by atoms with Gasteiger partial charge in [0.25, 0.3) is 0 Å². The highest BCUT2D eigenvalue weighted by Crippen LogP contribution is 2.00. The highest BCUT2D eigenvalue weighted by molar-refractivity contribution is 5.87. The van der Waals surface area contributed by atoms with E-state index in [0.717, 1.165) is 5.69 Å². The van der Waals surface area contributed by atoms with Crippen LogP contribution in [0.2, 0.25) is 0 Å². The lowest BCUT2D eigenvalue weighted by Crippen LogP contribution is -2.18. The van der Waals surface area contributed by atoms with E-state index in [2.05, 4.69) is 20.4 Å². The quantitative estimate of drug-likeness (QED) is 0.742. The molecule has 19 heavy (non-hydrogen) atoms. The topological polar surface area (TPSA) is 101 Å². The van der Waals surface area contributed by atoms with Crippen LogP contribution >= 0.6 is 0 Å². The van der Waals surface area contributed by atoms with Crippen LogP contribution in [-0.2, 0) is 13.0 Å². The lowest BCUT2D eigenvalue weighted by Gasteiger charge is -2.02. The maximum Gasteiger partial charge on any atom is 0.337 e. The van der Waals surface area contributed by atoms with Crippen LogP contribution in [0.1, 0.15) is 27.8 Å². The van der Waals surface area contributed by atoms with Crippen LogP contribution in [0, 0.1) is 6.92 Å². The van der Waals surface area contributed by atoms with Crippen molar-refractivity contribution in [3.05, 3.63) is 41.3 Å². The lowest BCUT2D eigenvalue weighted by atomic mass is 10.2. The molecule has 2 heterocycles. The summed E-state index contributed by atoms with van der Waals surface area (Å²) in [5, 5.41) is 15.7. The first-order chi connectivity index (χ1) is 9.15. The molecule has 0 saturated carbocycles. The smallest absolute Gasteiger partial charge is 0.337 e. The van der Waals surface area contributed by atoms with E-state index in [1.807, 2.05) is 0 Å².